The molecule has 5 nitrogen and oxygen atoms in total. The third-order valence-corrected chi connectivity index (χ3v) is 5.89. The van der Waals surface area contributed by atoms with Crippen molar-refractivity contribution in [3.63, 3.8) is 0 Å². The number of nitrogens with zero attached hydrogens (tertiary/aromatic N) is 2. The zero-order valence-corrected chi connectivity index (χ0v) is 14.9. The number of ether oxygens (including phenoxy) is 1. The van der Waals surface area contributed by atoms with Crippen LogP contribution in [-0.4, -0.2) is 38.9 Å². The van der Waals surface area contributed by atoms with Gasteiger partial charge in [-0.25, -0.2) is 13.4 Å². The van der Waals surface area contributed by atoms with Crippen molar-refractivity contribution in [3.05, 3.63) is 48.7 Å². The molecular weight excluding hydrogens is 362 g/mol. The second-order valence-electron chi connectivity index (χ2n) is 6.18. The maximum Gasteiger partial charge on any atom is 0.341 e. The molecule has 0 aliphatic carbocycles. The second kappa shape index (κ2) is 7.99. The lowest BCUT2D eigenvalue weighted by Gasteiger charge is -2.34. The van der Waals surface area contributed by atoms with Crippen LogP contribution in [0.5, 0.6) is 5.88 Å². The Bertz CT molecular complexity index is 823. The van der Waals surface area contributed by atoms with E-state index in [0.717, 1.165) is 12.8 Å². The van der Waals surface area contributed by atoms with Crippen molar-refractivity contribution < 1.29 is 21.9 Å². The Hall–Kier alpha value is -2.22. The summed E-state index contributed by atoms with van der Waals surface area (Å²) >= 11 is 0. The molecule has 1 fully saturated rings. The number of hydrogen-bond acceptors (Lipinski definition) is 5. The van der Waals surface area contributed by atoms with Gasteiger partial charge in [0, 0.05) is 25.4 Å². The number of halogens is 2. The lowest BCUT2D eigenvalue weighted by atomic mass is 9.97. The number of hydrogen-bond donors (Lipinski definition) is 0. The van der Waals surface area contributed by atoms with Crippen LogP contribution in [0, 0.1) is 5.92 Å². The molecule has 3 rings (SSSR count). The van der Waals surface area contributed by atoms with E-state index in [1.165, 1.54) is 12.1 Å². The number of rotatable bonds is 6. The smallest absolute Gasteiger partial charge is 0.341 e. The lowest BCUT2D eigenvalue weighted by molar-refractivity contribution is 0.216. The summed E-state index contributed by atoms with van der Waals surface area (Å²) in [5.41, 5.74) is 0.344. The fraction of sp³-hybridized carbons (Fsp3) is 0.389. The minimum Gasteiger partial charge on any atom is -0.477 e. The Kier molecular flexibility index (Phi) is 5.70. The summed E-state index contributed by atoms with van der Waals surface area (Å²) in [6, 6.07) is 11.4. The monoisotopic (exact) mass is 382 g/mol. The predicted octanol–water partition coefficient (Wildman–Crippen LogP) is 3.37. The molecule has 0 bridgehead atoms. The predicted molar refractivity (Wildman–Crippen MR) is 94.3 cm³/mol. The molecule has 0 atom stereocenters. The number of anilines is 1. The summed E-state index contributed by atoms with van der Waals surface area (Å²) < 4.78 is 55.4. The van der Waals surface area contributed by atoms with E-state index >= 15 is 0 Å². The SMILES string of the molecule is O=S(=O)(c1ccccc1N1CCC(COc2ccccn2)CC1)C(F)F. The van der Waals surface area contributed by atoms with Crippen LogP contribution in [0.4, 0.5) is 14.5 Å². The normalized spacial score (nSPS) is 16.0. The number of benzene rings is 1. The molecular formula is C18H20F2N2O3S. The number of aromatic nitrogens is 1. The van der Waals surface area contributed by atoms with Crippen LogP contribution in [0.3, 0.4) is 0 Å². The Morgan fingerprint density at radius 1 is 1.12 bits per heavy atom. The Morgan fingerprint density at radius 3 is 2.46 bits per heavy atom. The molecule has 8 heteroatoms. The van der Waals surface area contributed by atoms with Gasteiger partial charge in [-0.2, -0.15) is 8.78 Å². The fourth-order valence-electron chi connectivity index (χ4n) is 3.03. The van der Waals surface area contributed by atoms with Crippen molar-refractivity contribution in [2.75, 3.05) is 24.6 Å². The first-order chi connectivity index (χ1) is 12.5. The summed E-state index contributed by atoms with van der Waals surface area (Å²) in [7, 11) is -4.62. The largest absolute Gasteiger partial charge is 0.477 e. The summed E-state index contributed by atoms with van der Waals surface area (Å²) in [4.78, 5) is 5.66. The molecule has 0 spiro atoms. The molecule has 2 aromatic rings. The standard InChI is InChI=1S/C18H20F2N2O3S/c19-18(20)26(23,24)16-6-2-1-5-15(16)22-11-8-14(9-12-22)13-25-17-7-3-4-10-21-17/h1-7,10,14,18H,8-9,11-13H2. The van der Waals surface area contributed by atoms with Gasteiger partial charge in [-0.15, -0.1) is 0 Å². The zero-order valence-electron chi connectivity index (χ0n) is 14.1. The van der Waals surface area contributed by atoms with Crippen molar-refractivity contribution in [3.8, 4) is 5.88 Å². The number of para-hydroxylation sites is 1. The molecule has 140 valence electrons. The first kappa shape index (κ1) is 18.6. The van der Waals surface area contributed by atoms with E-state index in [4.69, 9.17) is 4.74 Å². The Balaban J connectivity index is 1.64. The third-order valence-electron chi connectivity index (χ3n) is 4.47. The maximum absolute atomic E-state index is 12.9. The summed E-state index contributed by atoms with van der Waals surface area (Å²) in [6.07, 6.45) is 3.24. The minimum absolute atomic E-state index is 0.307. The van der Waals surface area contributed by atoms with Crippen LogP contribution >= 0.6 is 0 Å². The topological polar surface area (TPSA) is 59.5 Å². The molecule has 0 N–H and O–H groups in total. The highest BCUT2D eigenvalue weighted by Crippen LogP contribution is 2.32. The van der Waals surface area contributed by atoms with Gasteiger partial charge in [0.2, 0.25) is 15.7 Å². The molecule has 26 heavy (non-hydrogen) atoms. The molecule has 0 unspecified atom stereocenters. The van der Waals surface area contributed by atoms with Crippen LogP contribution in [-0.2, 0) is 9.84 Å². The van der Waals surface area contributed by atoms with Gasteiger partial charge in [0.25, 0.3) is 0 Å². The van der Waals surface area contributed by atoms with Crippen LogP contribution in [0.1, 0.15) is 12.8 Å². The van der Waals surface area contributed by atoms with E-state index in [-0.39, 0.29) is 4.90 Å². The number of sulfone groups is 1. The second-order valence-corrected chi connectivity index (χ2v) is 8.07. The van der Waals surface area contributed by atoms with Gasteiger partial charge in [0.15, 0.2) is 0 Å². The molecule has 2 heterocycles. The average Bonchev–Trinajstić information content (AvgIpc) is 2.67. The van der Waals surface area contributed by atoms with Crippen LogP contribution in [0.25, 0.3) is 0 Å². The van der Waals surface area contributed by atoms with Crippen molar-refractivity contribution in [1.29, 1.82) is 0 Å². The summed E-state index contributed by atoms with van der Waals surface area (Å²) in [6.45, 7) is 1.71. The maximum atomic E-state index is 12.9. The van der Waals surface area contributed by atoms with Gasteiger partial charge in [0.05, 0.1) is 17.2 Å². The first-order valence-corrected chi connectivity index (χ1v) is 9.93. The van der Waals surface area contributed by atoms with E-state index in [1.807, 2.05) is 17.0 Å². The van der Waals surface area contributed by atoms with Gasteiger partial charge in [-0.3, -0.25) is 0 Å². The zero-order chi connectivity index (χ0) is 18.6. The Morgan fingerprint density at radius 2 is 1.81 bits per heavy atom. The third kappa shape index (κ3) is 4.12. The fourth-order valence-corrected chi connectivity index (χ4v) is 3.98. The van der Waals surface area contributed by atoms with Crippen LogP contribution in [0.2, 0.25) is 0 Å². The minimum atomic E-state index is -4.62. The summed E-state index contributed by atoms with van der Waals surface area (Å²) in [5.74, 6) is -2.54. The molecule has 0 radical (unpaired) electrons. The van der Waals surface area contributed by atoms with Crippen molar-refractivity contribution in [2.45, 2.75) is 23.5 Å². The van der Waals surface area contributed by atoms with Crippen molar-refractivity contribution in [2.24, 2.45) is 5.92 Å². The number of piperidine rings is 1. The highest BCUT2D eigenvalue weighted by Gasteiger charge is 2.31. The molecule has 0 amide bonds. The van der Waals surface area contributed by atoms with Gasteiger partial charge < -0.3 is 9.64 Å². The number of alkyl halides is 2. The van der Waals surface area contributed by atoms with E-state index in [1.54, 1.807) is 24.4 Å². The van der Waals surface area contributed by atoms with E-state index in [9.17, 15) is 17.2 Å². The molecule has 1 saturated heterocycles. The van der Waals surface area contributed by atoms with E-state index < -0.39 is 15.6 Å². The van der Waals surface area contributed by atoms with Gasteiger partial charge in [-0.1, -0.05) is 18.2 Å². The highest BCUT2D eigenvalue weighted by atomic mass is 32.2. The van der Waals surface area contributed by atoms with Gasteiger partial charge in [0.1, 0.15) is 0 Å². The lowest BCUT2D eigenvalue weighted by Crippen LogP contribution is -2.36. The Labute approximate surface area is 151 Å². The molecule has 1 aromatic heterocycles. The molecule has 1 aliphatic heterocycles. The summed E-state index contributed by atoms with van der Waals surface area (Å²) in [5, 5.41) is 0. The van der Waals surface area contributed by atoms with Crippen molar-refractivity contribution in [1.82, 2.24) is 4.98 Å². The van der Waals surface area contributed by atoms with Gasteiger partial charge >= 0.3 is 5.76 Å². The van der Waals surface area contributed by atoms with Crippen LogP contribution in [0.15, 0.2) is 53.6 Å². The molecule has 1 aromatic carbocycles. The molecule has 1 aliphatic rings. The quantitative estimate of drug-likeness (QED) is 0.767. The highest BCUT2D eigenvalue weighted by molar-refractivity contribution is 7.91. The first-order valence-electron chi connectivity index (χ1n) is 8.38. The van der Waals surface area contributed by atoms with Crippen LogP contribution < -0.4 is 9.64 Å². The van der Waals surface area contributed by atoms with E-state index in [0.29, 0.717) is 37.2 Å². The van der Waals surface area contributed by atoms with Crippen molar-refractivity contribution >= 4 is 15.5 Å². The van der Waals surface area contributed by atoms with E-state index in [2.05, 4.69) is 4.98 Å². The number of pyridine rings is 1. The molecule has 0 saturated carbocycles. The average molecular weight is 382 g/mol. The van der Waals surface area contributed by atoms with Gasteiger partial charge in [-0.05, 0) is 37.0 Å².